The summed E-state index contributed by atoms with van der Waals surface area (Å²) in [6.45, 7) is 1.88. The van der Waals surface area contributed by atoms with Gasteiger partial charge in [0.1, 0.15) is 6.04 Å². The fraction of sp³-hybridized carbons (Fsp3) is 0.450. The molecule has 2 aromatic rings. The van der Waals surface area contributed by atoms with E-state index in [1.54, 1.807) is 6.20 Å². The highest BCUT2D eigenvalue weighted by molar-refractivity contribution is 5.97. The van der Waals surface area contributed by atoms with Gasteiger partial charge in [-0.15, -0.1) is 0 Å². The summed E-state index contributed by atoms with van der Waals surface area (Å²) in [6, 6.07) is 8.67. The van der Waals surface area contributed by atoms with Gasteiger partial charge in [0.15, 0.2) is 0 Å². The van der Waals surface area contributed by atoms with Crippen molar-refractivity contribution in [1.29, 1.82) is 0 Å². The van der Waals surface area contributed by atoms with Crippen molar-refractivity contribution in [3.63, 3.8) is 0 Å². The van der Waals surface area contributed by atoms with Crippen LogP contribution in [0.5, 0.6) is 0 Å². The van der Waals surface area contributed by atoms with E-state index < -0.39 is 12.0 Å². The van der Waals surface area contributed by atoms with Gasteiger partial charge in [-0.1, -0.05) is 49.6 Å². The Balaban J connectivity index is 1.71. The van der Waals surface area contributed by atoms with Crippen LogP contribution >= 0.6 is 0 Å². The Labute approximate surface area is 153 Å². The number of rotatable bonds is 6. The summed E-state index contributed by atoms with van der Waals surface area (Å²) in [5, 5.41) is 16.5. The molecule has 0 spiro atoms. The number of benzene rings is 1. The minimum atomic E-state index is -1.04. The van der Waals surface area contributed by atoms with Crippen LogP contribution in [0.25, 0.3) is 0 Å². The molecule has 0 bridgehead atoms. The molecule has 1 saturated carbocycles. The second-order valence-electron chi connectivity index (χ2n) is 6.93. The normalized spacial score (nSPS) is 16.2. The van der Waals surface area contributed by atoms with Gasteiger partial charge in [-0.25, -0.2) is 4.79 Å². The summed E-state index contributed by atoms with van der Waals surface area (Å²) < 4.78 is 1.93. The summed E-state index contributed by atoms with van der Waals surface area (Å²) >= 11 is 0. The summed E-state index contributed by atoms with van der Waals surface area (Å²) in [7, 11) is 0. The van der Waals surface area contributed by atoms with E-state index in [-0.39, 0.29) is 12.3 Å². The number of carbonyl (C=O) groups is 2. The number of aromatic nitrogens is 2. The number of carboxylic acid groups (broad SMARTS) is 1. The summed E-state index contributed by atoms with van der Waals surface area (Å²) in [5.41, 5.74) is 2.13. The molecule has 1 aromatic carbocycles. The van der Waals surface area contributed by atoms with Crippen LogP contribution in [0.2, 0.25) is 0 Å². The van der Waals surface area contributed by atoms with Gasteiger partial charge in [-0.05, 0) is 25.3 Å². The van der Waals surface area contributed by atoms with Crippen LogP contribution in [0.15, 0.2) is 36.5 Å². The lowest BCUT2D eigenvalue weighted by atomic mass is 9.95. The smallest absolute Gasteiger partial charge is 0.326 e. The van der Waals surface area contributed by atoms with Crippen molar-refractivity contribution in [2.45, 2.75) is 57.5 Å². The van der Waals surface area contributed by atoms with Crippen LogP contribution < -0.4 is 5.32 Å². The first-order chi connectivity index (χ1) is 12.6. The highest BCUT2D eigenvalue weighted by Gasteiger charge is 2.25. The molecule has 26 heavy (non-hydrogen) atoms. The van der Waals surface area contributed by atoms with Crippen molar-refractivity contribution in [3.8, 4) is 0 Å². The Morgan fingerprint density at radius 3 is 2.58 bits per heavy atom. The number of hydrogen-bond donors (Lipinski definition) is 2. The first kappa shape index (κ1) is 18.2. The lowest BCUT2D eigenvalue weighted by Gasteiger charge is -2.23. The van der Waals surface area contributed by atoms with Gasteiger partial charge in [0.2, 0.25) is 0 Å². The first-order valence-corrected chi connectivity index (χ1v) is 9.18. The van der Waals surface area contributed by atoms with Crippen molar-refractivity contribution >= 4 is 11.9 Å². The van der Waals surface area contributed by atoms with Crippen molar-refractivity contribution < 1.29 is 14.7 Å². The van der Waals surface area contributed by atoms with Gasteiger partial charge in [0, 0.05) is 12.1 Å². The third-order valence-corrected chi connectivity index (χ3v) is 5.10. The van der Waals surface area contributed by atoms with Gasteiger partial charge in [-0.3, -0.25) is 9.48 Å². The average Bonchev–Trinajstić information content (AvgIpc) is 3.04. The molecule has 0 unspecified atom stereocenters. The molecule has 1 fully saturated rings. The minimum Gasteiger partial charge on any atom is -0.480 e. The molecule has 138 valence electrons. The molecule has 0 radical (unpaired) electrons. The molecule has 0 aliphatic heterocycles. The number of nitrogens with one attached hydrogen (secondary N) is 1. The molecular formula is C20H25N3O3. The van der Waals surface area contributed by atoms with Crippen molar-refractivity contribution in [1.82, 2.24) is 15.1 Å². The van der Waals surface area contributed by atoms with E-state index in [0.29, 0.717) is 11.6 Å². The Hall–Kier alpha value is -2.63. The third kappa shape index (κ3) is 4.12. The van der Waals surface area contributed by atoms with Gasteiger partial charge in [0.05, 0.1) is 17.8 Å². The molecule has 6 heteroatoms. The fourth-order valence-corrected chi connectivity index (χ4v) is 3.63. The molecule has 1 aliphatic carbocycles. The number of hydrogen-bond acceptors (Lipinski definition) is 3. The van der Waals surface area contributed by atoms with E-state index in [1.807, 2.05) is 41.9 Å². The first-order valence-electron chi connectivity index (χ1n) is 9.18. The fourth-order valence-electron chi connectivity index (χ4n) is 3.63. The van der Waals surface area contributed by atoms with Gasteiger partial charge < -0.3 is 10.4 Å². The largest absolute Gasteiger partial charge is 0.480 e. The van der Waals surface area contributed by atoms with Crippen LogP contribution in [-0.4, -0.2) is 32.8 Å². The Kier molecular flexibility index (Phi) is 5.71. The maximum absolute atomic E-state index is 12.6. The number of carboxylic acids is 1. The van der Waals surface area contributed by atoms with Gasteiger partial charge in [0.25, 0.3) is 5.91 Å². The molecule has 3 rings (SSSR count). The van der Waals surface area contributed by atoms with E-state index in [0.717, 1.165) is 24.1 Å². The van der Waals surface area contributed by atoms with E-state index in [2.05, 4.69) is 10.4 Å². The Morgan fingerprint density at radius 1 is 1.23 bits per heavy atom. The van der Waals surface area contributed by atoms with Crippen LogP contribution in [0, 0.1) is 6.92 Å². The zero-order chi connectivity index (χ0) is 18.5. The molecule has 6 nitrogen and oxygen atoms in total. The van der Waals surface area contributed by atoms with E-state index in [1.165, 1.54) is 19.3 Å². The monoisotopic (exact) mass is 355 g/mol. The van der Waals surface area contributed by atoms with E-state index >= 15 is 0 Å². The molecule has 1 amide bonds. The van der Waals surface area contributed by atoms with Gasteiger partial charge >= 0.3 is 5.97 Å². The SMILES string of the molecule is Cc1c(C(=O)N[C@H](Cc2ccccc2)C(=O)O)cnn1C1CCCCC1. The summed E-state index contributed by atoms with van der Waals surface area (Å²) in [6.07, 6.45) is 7.58. The number of aliphatic carboxylic acids is 1. The van der Waals surface area contributed by atoms with Crippen LogP contribution in [0.1, 0.15) is 59.8 Å². The number of nitrogens with zero attached hydrogens (tertiary/aromatic N) is 2. The van der Waals surface area contributed by atoms with Crippen molar-refractivity contribution in [2.24, 2.45) is 0 Å². The highest BCUT2D eigenvalue weighted by atomic mass is 16.4. The lowest BCUT2D eigenvalue weighted by Crippen LogP contribution is -2.42. The average molecular weight is 355 g/mol. The topological polar surface area (TPSA) is 84.2 Å². The summed E-state index contributed by atoms with van der Waals surface area (Å²) in [5.74, 6) is -1.42. The standard InChI is InChI=1S/C20H25N3O3/c1-14-17(13-21-23(14)16-10-6-3-7-11-16)19(24)22-18(20(25)26)12-15-8-4-2-5-9-15/h2,4-5,8-9,13,16,18H,3,6-7,10-12H2,1H3,(H,22,24)(H,25,26)/t18-/m1/s1. The molecule has 1 atom stereocenters. The van der Waals surface area contributed by atoms with Crippen molar-refractivity contribution in [3.05, 3.63) is 53.3 Å². The predicted octanol–water partition coefficient (Wildman–Crippen LogP) is 3.12. The molecule has 2 N–H and O–H groups in total. The zero-order valence-corrected chi connectivity index (χ0v) is 15.0. The van der Waals surface area contributed by atoms with Crippen LogP contribution in [-0.2, 0) is 11.2 Å². The molecule has 1 aliphatic rings. The van der Waals surface area contributed by atoms with Gasteiger partial charge in [-0.2, -0.15) is 5.10 Å². The summed E-state index contributed by atoms with van der Waals surface area (Å²) in [4.78, 5) is 24.2. The van der Waals surface area contributed by atoms with Crippen molar-refractivity contribution in [2.75, 3.05) is 0 Å². The Bertz CT molecular complexity index is 764. The van der Waals surface area contributed by atoms with E-state index in [9.17, 15) is 14.7 Å². The lowest BCUT2D eigenvalue weighted by molar-refractivity contribution is -0.139. The Morgan fingerprint density at radius 2 is 1.92 bits per heavy atom. The molecular weight excluding hydrogens is 330 g/mol. The predicted molar refractivity (Wildman–Crippen MR) is 98.1 cm³/mol. The maximum Gasteiger partial charge on any atom is 0.326 e. The van der Waals surface area contributed by atoms with Crippen LogP contribution in [0.3, 0.4) is 0 Å². The number of amides is 1. The quantitative estimate of drug-likeness (QED) is 0.834. The maximum atomic E-state index is 12.6. The number of carbonyl (C=O) groups excluding carboxylic acids is 1. The minimum absolute atomic E-state index is 0.248. The molecule has 0 saturated heterocycles. The highest BCUT2D eigenvalue weighted by Crippen LogP contribution is 2.29. The second-order valence-corrected chi connectivity index (χ2v) is 6.93. The van der Waals surface area contributed by atoms with E-state index in [4.69, 9.17) is 0 Å². The zero-order valence-electron chi connectivity index (χ0n) is 15.0. The molecule has 1 heterocycles. The van der Waals surface area contributed by atoms with Crippen LogP contribution in [0.4, 0.5) is 0 Å². The second kappa shape index (κ2) is 8.17. The third-order valence-electron chi connectivity index (χ3n) is 5.10. The molecule has 1 aromatic heterocycles.